The minimum atomic E-state index is -1.07. The Balaban J connectivity index is 2.82. The van der Waals surface area contributed by atoms with Crippen molar-refractivity contribution in [3.05, 3.63) is 29.3 Å². The fraction of sp³-hybridized carbons (Fsp3) is 0.438. The van der Waals surface area contributed by atoms with Crippen LogP contribution in [0.4, 0.5) is 5.69 Å². The summed E-state index contributed by atoms with van der Waals surface area (Å²) in [6.07, 6.45) is 0. The lowest BCUT2D eigenvalue weighted by Gasteiger charge is -2.21. The summed E-state index contributed by atoms with van der Waals surface area (Å²) < 4.78 is 0. The molecule has 0 heterocycles. The number of benzene rings is 1. The zero-order valence-electron chi connectivity index (χ0n) is 13.5. The zero-order valence-corrected chi connectivity index (χ0v) is 13.5. The van der Waals surface area contributed by atoms with Gasteiger partial charge in [0.25, 0.3) is 0 Å². The largest absolute Gasteiger partial charge is 0.478 e. The first-order chi connectivity index (χ1) is 10.0. The number of carbonyl (C=O) groups excluding carboxylic acids is 2. The third-order valence-corrected chi connectivity index (χ3v) is 3.16. The highest BCUT2D eigenvalue weighted by Crippen LogP contribution is 2.18. The Bertz CT molecular complexity index is 603. The van der Waals surface area contributed by atoms with Crippen LogP contribution >= 0.6 is 0 Å². The minimum absolute atomic E-state index is 0.0901. The third-order valence-electron chi connectivity index (χ3n) is 3.16. The van der Waals surface area contributed by atoms with Gasteiger partial charge >= 0.3 is 5.97 Å². The van der Waals surface area contributed by atoms with Gasteiger partial charge in [0.15, 0.2) is 0 Å². The molecule has 1 aromatic rings. The first-order valence-electron chi connectivity index (χ1n) is 6.98. The molecule has 0 spiro atoms. The summed E-state index contributed by atoms with van der Waals surface area (Å²) in [6, 6.07) is 3.77. The maximum Gasteiger partial charge on any atom is 0.335 e. The van der Waals surface area contributed by atoms with Crippen molar-refractivity contribution in [2.24, 2.45) is 5.41 Å². The lowest BCUT2D eigenvalue weighted by Crippen LogP contribution is -2.46. The molecule has 6 nitrogen and oxygen atoms in total. The molecule has 0 aliphatic heterocycles. The lowest BCUT2D eigenvalue weighted by atomic mass is 9.95. The monoisotopic (exact) mass is 306 g/mol. The van der Waals surface area contributed by atoms with E-state index in [1.54, 1.807) is 40.7 Å². The number of hydrogen-bond donors (Lipinski definition) is 3. The number of rotatable bonds is 4. The van der Waals surface area contributed by atoms with E-state index in [0.717, 1.165) is 5.56 Å². The van der Waals surface area contributed by atoms with Crippen molar-refractivity contribution in [3.8, 4) is 0 Å². The van der Waals surface area contributed by atoms with Crippen LogP contribution < -0.4 is 10.6 Å². The maximum atomic E-state index is 12.1. The molecule has 1 atom stereocenters. The number of aryl methyl sites for hydroxylation is 1. The summed E-state index contributed by atoms with van der Waals surface area (Å²) in [6.45, 7) is 8.61. The second-order valence-electron chi connectivity index (χ2n) is 6.27. The molecule has 0 bridgehead atoms. The predicted molar refractivity (Wildman–Crippen MR) is 83.8 cm³/mol. The van der Waals surface area contributed by atoms with E-state index in [2.05, 4.69) is 10.6 Å². The molecule has 1 unspecified atom stereocenters. The molecule has 2 amide bonds. The Kier molecular flexibility index (Phi) is 5.30. The van der Waals surface area contributed by atoms with Crippen molar-refractivity contribution in [1.82, 2.24) is 5.32 Å². The molecule has 1 rings (SSSR count). The van der Waals surface area contributed by atoms with E-state index in [4.69, 9.17) is 5.11 Å². The molecule has 0 aromatic heterocycles. The van der Waals surface area contributed by atoms with Gasteiger partial charge in [0.1, 0.15) is 6.04 Å². The average Bonchev–Trinajstić information content (AvgIpc) is 2.39. The average molecular weight is 306 g/mol. The highest BCUT2D eigenvalue weighted by atomic mass is 16.4. The van der Waals surface area contributed by atoms with Crippen molar-refractivity contribution in [3.63, 3.8) is 0 Å². The van der Waals surface area contributed by atoms with Gasteiger partial charge in [0.05, 0.1) is 5.56 Å². The molecule has 120 valence electrons. The van der Waals surface area contributed by atoms with Crippen LogP contribution in [0.2, 0.25) is 0 Å². The molecule has 3 N–H and O–H groups in total. The quantitative estimate of drug-likeness (QED) is 0.794. The minimum Gasteiger partial charge on any atom is -0.478 e. The van der Waals surface area contributed by atoms with Gasteiger partial charge in [-0.15, -0.1) is 0 Å². The third kappa shape index (κ3) is 4.58. The van der Waals surface area contributed by atoms with Gasteiger partial charge in [0.2, 0.25) is 11.8 Å². The maximum absolute atomic E-state index is 12.1. The highest BCUT2D eigenvalue weighted by Gasteiger charge is 2.25. The molecule has 0 aliphatic carbocycles. The number of aromatic carboxylic acids is 1. The lowest BCUT2D eigenvalue weighted by molar-refractivity contribution is -0.131. The molecule has 0 aliphatic rings. The number of carboxylic acid groups (broad SMARTS) is 1. The molecule has 0 saturated carbocycles. The number of nitrogens with one attached hydrogen (secondary N) is 2. The van der Waals surface area contributed by atoms with E-state index in [1.165, 1.54) is 12.1 Å². The molecule has 1 aromatic carbocycles. The molecular formula is C16H22N2O4. The van der Waals surface area contributed by atoms with E-state index in [1.807, 2.05) is 0 Å². The van der Waals surface area contributed by atoms with Crippen molar-refractivity contribution >= 4 is 23.5 Å². The van der Waals surface area contributed by atoms with Crippen molar-refractivity contribution in [2.45, 2.75) is 40.7 Å². The molecular weight excluding hydrogens is 284 g/mol. The van der Waals surface area contributed by atoms with Crippen LogP contribution in [0.15, 0.2) is 18.2 Å². The van der Waals surface area contributed by atoms with Crippen LogP contribution in [0.1, 0.15) is 43.6 Å². The molecule has 0 fully saturated rings. The Hall–Kier alpha value is -2.37. The summed E-state index contributed by atoms with van der Waals surface area (Å²) in [5.41, 5.74) is 0.662. The number of hydrogen-bond acceptors (Lipinski definition) is 3. The summed E-state index contributed by atoms with van der Waals surface area (Å²) in [5, 5.41) is 14.3. The topological polar surface area (TPSA) is 95.5 Å². The van der Waals surface area contributed by atoms with Crippen molar-refractivity contribution in [1.29, 1.82) is 0 Å². The first kappa shape index (κ1) is 17.7. The van der Waals surface area contributed by atoms with Gasteiger partial charge in [0, 0.05) is 11.1 Å². The predicted octanol–water partition coefficient (Wildman–Crippen LogP) is 2.18. The summed E-state index contributed by atoms with van der Waals surface area (Å²) in [4.78, 5) is 35.0. The number of amides is 2. The first-order valence-corrected chi connectivity index (χ1v) is 6.98. The fourth-order valence-electron chi connectivity index (χ4n) is 1.61. The number of anilines is 1. The zero-order chi connectivity index (χ0) is 17.1. The smallest absolute Gasteiger partial charge is 0.335 e. The van der Waals surface area contributed by atoms with Crippen molar-refractivity contribution in [2.75, 3.05) is 5.32 Å². The summed E-state index contributed by atoms with van der Waals surface area (Å²) in [7, 11) is 0. The van der Waals surface area contributed by atoms with E-state index in [9.17, 15) is 14.4 Å². The number of carboxylic acids is 1. The SMILES string of the molecule is Cc1ccc(C(=O)O)cc1NC(=O)C(C)NC(=O)C(C)(C)C. The Labute approximate surface area is 129 Å². The van der Waals surface area contributed by atoms with Gasteiger partial charge in [-0.3, -0.25) is 9.59 Å². The van der Waals surface area contributed by atoms with Crippen LogP contribution in [0.25, 0.3) is 0 Å². The molecule has 6 heteroatoms. The second kappa shape index (κ2) is 6.60. The summed E-state index contributed by atoms with van der Waals surface area (Å²) in [5.74, 6) is -1.70. The Morgan fingerprint density at radius 1 is 1.18 bits per heavy atom. The highest BCUT2D eigenvalue weighted by molar-refractivity contribution is 5.99. The van der Waals surface area contributed by atoms with E-state index >= 15 is 0 Å². The number of carbonyl (C=O) groups is 3. The van der Waals surface area contributed by atoms with E-state index < -0.39 is 23.3 Å². The van der Waals surface area contributed by atoms with Gasteiger partial charge in [-0.1, -0.05) is 26.8 Å². The molecule has 0 saturated heterocycles. The van der Waals surface area contributed by atoms with Crippen LogP contribution in [0.3, 0.4) is 0 Å². The normalized spacial score (nSPS) is 12.4. The molecule has 22 heavy (non-hydrogen) atoms. The van der Waals surface area contributed by atoms with Gasteiger partial charge < -0.3 is 15.7 Å². The van der Waals surface area contributed by atoms with Crippen molar-refractivity contribution < 1.29 is 19.5 Å². The van der Waals surface area contributed by atoms with Crippen LogP contribution in [-0.2, 0) is 9.59 Å². The van der Waals surface area contributed by atoms with Gasteiger partial charge in [-0.2, -0.15) is 0 Å². The molecule has 0 radical (unpaired) electrons. The van der Waals surface area contributed by atoms with E-state index in [-0.39, 0.29) is 11.5 Å². The Morgan fingerprint density at radius 2 is 1.77 bits per heavy atom. The van der Waals surface area contributed by atoms with Crippen LogP contribution in [0.5, 0.6) is 0 Å². The fourth-order valence-corrected chi connectivity index (χ4v) is 1.61. The summed E-state index contributed by atoms with van der Waals surface area (Å²) >= 11 is 0. The Morgan fingerprint density at radius 3 is 2.27 bits per heavy atom. The standard InChI is InChI=1S/C16H22N2O4/c1-9-6-7-11(14(20)21)8-12(9)18-13(19)10(2)17-15(22)16(3,4)5/h6-8,10H,1-5H3,(H,17,22)(H,18,19)(H,20,21). The van der Waals surface area contributed by atoms with E-state index in [0.29, 0.717) is 5.69 Å². The second-order valence-corrected chi connectivity index (χ2v) is 6.27. The van der Waals surface area contributed by atoms with Crippen LogP contribution in [-0.4, -0.2) is 28.9 Å². The van der Waals surface area contributed by atoms with Gasteiger partial charge in [-0.05, 0) is 31.5 Å². The van der Waals surface area contributed by atoms with Gasteiger partial charge in [-0.25, -0.2) is 4.79 Å². The van der Waals surface area contributed by atoms with Crippen LogP contribution in [0, 0.1) is 12.3 Å².